The van der Waals surface area contributed by atoms with E-state index in [9.17, 15) is 9.18 Å². The van der Waals surface area contributed by atoms with Gasteiger partial charge in [0, 0.05) is 11.8 Å². The number of carboxylic acid groups (broad SMARTS) is 1. The third kappa shape index (κ3) is 2.10. The van der Waals surface area contributed by atoms with E-state index in [1.165, 1.54) is 22.7 Å². The zero-order valence-corrected chi connectivity index (χ0v) is 11.2. The molecule has 5 nitrogen and oxygen atoms in total. The van der Waals surface area contributed by atoms with E-state index in [4.69, 9.17) is 10.8 Å². The van der Waals surface area contributed by atoms with Crippen molar-refractivity contribution >= 4 is 17.4 Å². The van der Waals surface area contributed by atoms with Gasteiger partial charge in [-0.2, -0.15) is 0 Å². The Morgan fingerprint density at radius 3 is 2.76 bits per heavy atom. The molecule has 0 radical (unpaired) electrons. The molecule has 0 unspecified atom stereocenters. The summed E-state index contributed by atoms with van der Waals surface area (Å²) < 4.78 is 14.9. The summed E-state index contributed by atoms with van der Waals surface area (Å²) in [7, 11) is 0. The van der Waals surface area contributed by atoms with Crippen LogP contribution in [0.3, 0.4) is 0 Å². The van der Waals surface area contributed by atoms with E-state index in [0.29, 0.717) is 28.3 Å². The molecule has 0 aliphatic rings. The van der Waals surface area contributed by atoms with Gasteiger partial charge in [0.05, 0.1) is 5.56 Å². The Labute approximate surface area is 119 Å². The van der Waals surface area contributed by atoms with Crippen molar-refractivity contribution in [3.63, 3.8) is 0 Å². The molecule has 21 heavy (non-hydrogen) atoms. The standard InChI is InChI=1S/C15H12FN3O2/c1-8-6-9(2-4-11(8)16)13-14(17)19-7-10(15(20)21)3-5-12(19)18-13/h2-7H,17H2,1H3,(H,20,21). The second-order valence-electron chi connectivity index (χ2n) is 4.76. The van der Waals surface area contributed by atoms with Gasteiger partial charge in [0.15, 0.2) is 0 Å². The van der Waals surface area contributed by atoms with Gasteiger partial charge in [0.2, 0.25) is 0 Å². The number of imidazole rings is 1. The van der Waals surface area contributed by atoms with E-state index in [2.05, 4.69) is 4.98 Å². The monoisotopic (exact) mass is 285 g/mol. The average Bonchev–Trinajstić information content (AvgIpc) is 2.79. The number of anilines is 1. The summed E-state index contributed by atoms with van der Waals surface area (Å²) in [5.41, 5.74) is 8.38. The third-order valence-corrected chi connectivity index (χ3v) is 3.33. The Hall–Kier alpha value is -2.89. The van der Waals surface area contributed by atoms with Gasteiger partial charge in [-0.3, -0.25) is 4.40 Å². The van der Waals surface area contributed by atoms with Crippen LogP contribution >= 0.6 is 0 Å². The first kappa shape index (κ1) is 13.1. The number of nitrogen functional groups attached to an aromatic ring is 1. The molecule has 0 saturated heterocycles. The topological polar surface area (TPSA) is 80.6 Å². The first-order valence-electron chi connectivity index (χ1n) is 6.25. The molecule has 0 aliphatic carbocycles. The molecule has 106 valence electrons. The fourth-order valence-corrected chi connectivity index (χ4v) is 2.19. The van der Waals surface area contributed by atoms with E-state index in [0.717, 1.165) is 0 Å². The maximum atomic E-state index is 13.3. The Kier molecular flexibility index (Phi) is 2.86. The molecule has 0 saturated carbocycles. The van der Waals surface area contributed by atoms with Crippen LogP contribution in [0.25, 0.3) is 16.9 Å². The molecule has 0 spiro atoms. The lowest BCUT2D eigenvalue weighted by Crippen LogP contribution is -2.00. The highest BCUT2D eigenvalue weighted by molar-refractivity contribution is 5.88. The van der Waals surface area contributed by atoms with E-state index < -0.39 is 5.97 Å². The van der Waals surface area contributed by atoms with E-state index in [1.807, 2.05) is 0 Å². The van der Waals surface area contributed by atoms with Crippen LogP contribution in [0, 0.1) is 12.7 Å². The van der Waals surface area contributed by atoms with Crippen molar-refractivity contribution in [1.29, 1.82) is 0 Å². The average molecular weight is 285 g/mol. The number of aromatic carboxylic acids is 1. The van der Waals surface area contributed by atoms with E-state index >= 15 is 0 Å². The number of fused-ring (bicyclic) bond motifs is 1. The normalized spacial score (nSPS) is 11.0. The highest BCUT2D eigenvalue weighted by atomic mass is 19.1. The molecule has 2 aromatic heterocycles. The van der Waals surface area contributed by atoms with E-state index in [1.54, 1.807) is 25.1 Å². The Morgan fingerprint density at radius 1 is 1.33 bits per heavy atom. The number of benzene rings is 1. The van der Waals surface area contributed by atoms with Crippen LogP contribution in [-0.2, 0) is 0 Å². The maximum Gasteiger partial charge on any atom is 0.337 e. The Balaban J connectivity index is 2.21. The first-order chi connectivity index (χ1) is 9.97. The van der Waals surface area contributed by atoms with Crippen LogP contribution in [0.15, 0.2) is 36.5 Å². The lowest BCUT2D eigenvalue weighted by molar-refractivity contribution is 0.0696. The van der Waals surface area contributed by atoms with Crippen molar-refractivity contribution < 1.29 is 14.3 Å². The quantitative estimate of drug-likeness (QED) is 0.758. The summed E-state index contributed by atoms with van der Waals surface area (Å²) >= 11 is 0. The number of aryl methyl sites for hydroxylation is 1. The summed E-state index contributed by atoms with van der Waals surface area (Å²) in [5, 5.41) is 9.01. The molecule has 0 atom stereocenters. The summed E-state index contributed by atoms with van der Waals surface area (Å²) in [6, 6.07) is 7.66. The highest BCUT2D eigenvalue weighted by Crippen LogP contribution is 2.28. The number of nitrogens with two attached hydrogens (primary N) is 1. The lowest BCUT2D eigenvalue weighted by Gasteiger charge is -2.02. The Bertz CT molecular complexity index is 871. The summed E-state index contributed by atoms with van der Waals surface area (Å²) in [6.45, 7) is 1.66. The molecule has 3 rings (SSSR count). The second kappa shape index (κ2) is 4.59. The molecule has 0 aliphatic heterocycles. The number of rotatable bonds is 2. The smallest absolute Gasteiger partial charge is 0.337 e. The number of hydrogen-bond donors (Lipinski definition) is 2. The predicted molar refractivity (Wildman–Crippen MR) is 76.7 cm³/mol. The van der Waals surface area contributed by atoms with Gasteiger partial charge in [-0.25, -0.2) is 14.2 Å². The van der Waals surface area contributed by atoms with Crippen LogP contribution in [0.1, 0.15) is 15.9 Å². The largest absolute Gasteiger partial charge is 0.478 e. The lowest BCUT2D eigenvalue weighted by atomic mass is 10.1. The molecule has 1 aromatic carbocycles. The molecule has 0 bridgehead atoms. The van der Waals surface area contributed by atoms with Gasteiger partial charge < -0.3 is 10.8 Å². The number of hydrogen-bond acceptors (Lipinski definition) is 3. The van der Waals surface area contributed by atoms with Crippen LogP contribution in [-0.4, -0.2) is 20.5 Å². The van der Waals surface area contributed by atoms with E-state index in [-0.39, 0.29) is 11.4 Å². The Morgan fingerprint density at radius 2 is 2.10 bits per heavy atom. The van der Waals surface area contributed by atoms with Crippen molar-refractivity contribution in [3.05, 3.63) is 53.5 Å². The SMILES string of the molecule is Cc1cc(-c2nc3ccc(C(=O)O)cn3c2N)ccc1F. The highest BCUT2D eigenvalue weighted by Gasteiger charge is 2.14. The van der Waals surface area contributed by atoms with Crippen molar-refractivity contribution in [3.8, 4) is 11.3 Å². The molecule has 6 heteroatoms. The summed E-state index contributed by atoms with van der Waals surface area (Å²) in [4.78, 5) is 15.4. The van der Waals surface area contributed by atoms with Crippen molar-refractivity contribution in [2.24, 2.45) is 0 Å². The number of carbonyl (C=O) groups is 1. The van der Waals surface area contributed by atoms with Gasteiger partial charge in [-0.1, -0.05) is 0 Å². The molecule has 0 amide bonds. The maximum absolute atomic E-state index is 13.3. The molecular formula is C15H12FN3O2. The van der Waals surface area contributed by atoms with Gasteiger partial charge in [0.1, 0.15) is 23.0 Å². The minimum atomic E-state index is -1.04. The predicted octanol–water partition coefficient (Wildman–Crippen LogP) is 2.73. The summed E-state index contributed by atoms with van der Waals surface area (Å²) in [6.07, 6.45) is 1.42. The minimum Gasteiger partial charge on any atom is -0.478 e. The number of pyridine rings is 1. The number of nitrogens with zero attached hydrogens (tertiary/aromatic N) is 2. The van der Waals surface area contributed by atoms with Crippen LogP contribution in [0.2, 0.25) is 0 Å². The number of halogens is 1. The van der Waals surface area contributed by atoms with Gasteiger partial charge >= 0.3 is 5.97 Å². The second-order valence-corrected chi connectivity index (χ2v) is 4.76. The molecule has 3 N–H and O–H groups in total. The number of aromatic nitrogens is 2. The number of carboxylic acids is 1. The van der Waals surface area contributed by atoms with Crippen LogP contribution in [0.5, 0.6) is 0 Å². The molecule has 3 aromatic rings. The molecule has 2 heterocycles. The fraction of sp³-hybridized carbons (Fsp3) is 0.0667. The van der Waals surface area contributed by atoms with Crippen molar-refractivity contribution in [2.45, 2.75) is 6.92 Å². The minimum absolute atomic E-state index is 0.119. The van der Waals surface area contributed by atoms with Gasteiger partial charge in [0.25, 0.3) is 0 Å². The van der Waals surface area contributed by atoms with Gasteiger partial charge in [-0.05, 0) is 42.8 Å². The zero-order chi connectivity index (χ0) is 15.1. The first-order valence-corrected chi connectivity index (χ1v) is 6.25. The zero-order valence-electron chi connectivity index (χ0n) is 11.2. The molecule has 0 fully saturated rings. The fourth-order valence-electron chi connectivity index (χ4n) is 2.19. The van der Waals surface area contributed by atoms with Gasteiger partial charge in [-0.15, -0.1) is 0 Å². The third-order valence-electron chi connectivity index (χ3n) is 3.33. The van der Waals surface area contributed by atoms with Crippen LogP contribution in [0.4, 0.5) is 10.2 Å². The van der Waals surface area contributed by atoms with Crippen molar-refractivity contribution in [2.75, 3.05) is 5.73 Å². The van der Waals surface area contributed by atoms with Crippen molar-refractivity contribution in [1.82, 2.24) is 9.38 Å². The molecular weight excluding hydrogens is 273 g/mol. The summed E-state index contributed by atoms with van der Waals surface area (Å²) in [5.74, 6) is -1.02. The van der Waals surface area contributed by atoms with Crippen LogP contribution < -0.4 is 5.73 Å².